The number of urea groups is 1. The highest BCUT2D eigenvalue weighted by molar-refractivity contribution is 9.10. The number of rotatable bonds is 2. The first-order valence-corrected chi connectivity index (χ1v) is 8.65. The van der Waals surface area contributed by atoms with E-state index in [4.69, 9.17) is 0 Å². The summed E-state index contributed by atoms with van der Waals surface area (Å²) in [7, 11) is 0. The predicted octanol–water partition coefficient (Wildman–Crippen LogP) is 4.25. The Kier molecular flexibility index (Phi) is 5.04. The molecule has 4 nitrogen and oxygen atoms in total. The van der Waals surface area contributed by atoms with Crippen molar-refractivity contribution in [3.63, 3.8) is 0 Å². The van der Waals surface area contributed by atoms with Gasteiger partial charge in [-0.05, 0) is 36.8 Å². The van der Waals surface area contributed by atoms with Gasteiger partial charge < -0.3 is 15.1 Å². The minimum atomic E-state index is -0.422. The number of para-hydroxylation sites is 1. The van der Waals surface area contributed by atoms with E-state index >= 15 is 0 Å². The first-order valence-electron chi connectivity index (χ1n) is 7.86. The highest BCUT2D eigenvalue weighted by Crippen LogP contribution is 2.24. The van der Waals surface area contributed by atoms with Crippen molar-refractivity contribution in [2.75, 3.05) is 36.4 Å². The van der Waals surface area contributed by atoms with Gasteiger partial charge >= 0.3 is 6.03 Å². The van der Waals surface area contributed by atoms with E-state index in [9.17, 15) is 9.18 Å². The minimum Gasteiger partial charge on any atom is -0.368 e. The van der Waals surface area contributed by atoms with Gasteiger partial charge in [-0.15, -0.1) is 0 Å². The van der Waals surface area contributed by atoms with Crippen molar-refractivity contribution in [3.05, 3.63) is 58.3 Å². The Labute approximate surface area is 149 Å². The average molecular weight is 392 g/mol. The molecule has 0 aliphatic carbocycles. The van der Waals surface area contributed by atoms with E-state index in [0.717, 1.165) is 23.2 Å². The van der Waals surface area contributed by atoms with Crippen LogP contribution in [0, 0.1) is 12.7 Å². The van der Waals surface area contributed by atoms with Crippen LogP contribution in [0.25, 0.3) is 0 Å². The molecule has 1 aliphatic rings. The molecule has 6 heteroatoms. The van der Waals surface area contributed by atoms with Gasteiger partial charge in [-0.1, -0.05) is 34.1 Å². The molecule has 0 atom stereocenters. The number of piperazine rings is 1. The van der Waals surface area contributed by atoms with Crippen LogP contribution in [0.15, 0.2) is 46.9 Å². The summed E-state index contributed by atoms with van der Waals surface area (Å²) in [5.74, 6) is -0.422. The zero-order chi connectivity index (χ0) is 17.1. The van der Waals surface area contributed by atoms with Crippen molar-refractivity contribution in [2.24, 2.45) is 0 Å². The molecule has 3 rings (SSSR count). The third-order valence-corrected chi connectivity index (χ3v) is 5.06. The lowest BCUT2D eigenvalue weighted by molar-refractivity contribution is 0.208. The van der Waals surface area contributed by atoms with Crippen LogP contribution in [-0.4, -0.2) is 37.1 Å². The molecule has 1 saturated heterocycles. The smallest absolute Gasteiger partial charge is 0.322 e. The summed E-state index contributed by atoms with van der Waals surface area (Å²) in [6, 6.07) is 12.2. The highest BCUT2D eigenvalue weighted by Gasteiger charge is 2.22. The van der Waals surface area contributed by atoms with Crippen LogP contribution >= 0.6 is 15.9 Å². The number of anilines is 2. The number of hydrogen-bond acceptors (Lipinski definition) is 2. The molecule has 1 aliphatic heterocycles. The van der Waals surface area contributed by atoms with Crippen LogP contribution < -0.4 is 10.2 Å². The zero-order valence-electron chi connectivity index (χ0n) is 13.4. The monoisotopic (exact) mass is 391 g/mol. The van der Waals surface area contributed by atoms with Gasteiger partial charge in [-0.25, -0.2) is 9.18 Å². The number of nitrogens with zero attached hydrogens (tertiary/aromatic N) is 2. The third-order valence-electron chi connectivity index (χ3n) is 4.20. The van der Waals surface area contributed by atoms with Crippen LogP contribution in [0.1, 0.15) is 5.56 Å². The summed E-state index contributed by atoms with van der Waals surface area (Å²) >= 11 is 3.55. The Morgan fingerprint density at radius 1 is 1.12 bits per heavy atom. The van der Waals surface area contributed by atoms with E-state index in [2.05, 4.69) is 51.3 Å². The molecule has 1 heterocycles. The lowest BCUT2D eigenvalue weighted by Gasteiger charge is -2.36. The molecule has 126 valence electrons. The minimum absolute atomic E-state index is 0.215. The fourth-order valence-electron chi connectivity index (χ4n) is 2.70. The Hall–Kier alpha value is -2.08. The van der Waals surface area contributed by atoms with Crippen molar-refractivity contribution in [1.29, 1.82) is 0 Å². The summed E-state index contributed by atoms with van der Waals surface area (Å²) in [5, 5.41) is 2.64. The maximum Gasteiger partial charge on any atom is 0.322 e. The van der Waals surface area contributed by atoms with Crippen LogP contribution in [-0.2, 0) is 0 Å². The fraction of sp³-hybridized carbons (Fsp3) is 0.278. The standard InChI is InChI=1S/C18H19BrFN3O/c1-13-6-7-14(12-15(13)19)22-8-10-23(11-9-22)18(24)21-17-5-3-2-4-16(17)20/h2-7,12H,8-11H2,1H3,(H,21,24). The zero-order valence-corrected chi connectivity index (χ0v) is 15.0. The van der Waals surface area contributed by atoms with Crippen LogP contribution in [0.2, 0.25) is 0 Å². The number of benzene rings is 2. The maximum absolute atomic E-state index is 13.6. The van der Waals surface area contributed by atoms with Gasteiger partial charge in [0.1, 0.15) is 5.82 Å². The van der Waals surface area contributed by atoms with E-state index < -0.39 is 5.82 Å². The Morgan fingerprint density at radius 2 is 1.83 bits per heavy atom. The molecule has 1 N–H and O–H groups in total. The van der Waals surface area contributed by atoms with E-state index in [-0.39, 0.29) is 11.7 Å². The highest BCUT2D eigenvalue weighted by atomic mass is 79.9. The van der Waals surface area contributed by atoms with E-state index in [1.165, 1.54) is 11.6 Å². The van der Waals surface area contributed by atoms with Crippen LogP contribution in [0.3, 0.4) is 0 Å². The molecule has 0 spiro atoms. The lowest BCUT2D eigenvalue weighted by atomic mass is 10.2. The first-order chi connectivity index (χ1) is 11.5. The quantitative estimate of drug-likeness (QED) is 0.830. The van der Waals surface area contributed by atoms with Crippen molar-refractivity contribution >= 4 is 33.3 Å². The number of amides is 2. The second kappa shape index (κ2) is 7.21. The summed E-state index contributed by atoms with van der Waals surface area (Å²) in [4.78, 5) is 16.2. The molecule has 0 unspecified atom stereocenters. The lowest BCUT2D eigenvalue weighted by Crippen LogP contribution is -2.50. The fourth-order valence-corrected chi connectivity index (χ4v) is 3.07. The number of carbonyl (C=O) groups excluding carboxylic acids is 1. The number of hydrogen-bond donors (Lipinski definition) is 1. The molecule has 1 fully saturated rings. The van der Waals surface area contributed by atoms with Gasteiger partial charge in [-0.3, -0.25) is 0 Å². The Bertz CT molecular complexity index is 745. The predicted molar refractivity (Wildman–Crippen MR) is 98.1 cm³/mol. The Morgan fingerprint density at radius 3 is 2.50 bits per heavy atom. The van der Waals surface area contributed by atoms with Crippen molar-refractivity contribution < 1.29 is 9.18 Å². The topological polar surface area (TPSA) is 35.6 Å². The van der Waals surface area contributed by atoms with Gasteiger partial charge in [0, 0.05) is 36.3 Å². The SMILES string of the molecule is Cc1ccc(N2CCN(C(=O)Nc3ccccc3F)CC2)cc1Br. The molecule has 2 aromatic carbocycles. The van der Waals surface area contributed by atoms with Gasteiger partial charge in [0.25, 0.3) is 0 Å². The van der Waals surface area contributed by atoms with Gasteiger partial charge in [0.2, 0.25) is 0 Å². The largest absolute Gasteiger partial charge is 0.368 e. The van der Waals surface area contributed by atoms with Crippen molar-refractivity contribution in [3.8, 4) is 0 Å². The third kappa shape index (κ3) is 3.70. The van der Waals surface area contributed by atoms with E-state index in [1.54, 1.807) is 23.1 Å². The van der Waals surface area contributed by atoms with Crippen molar-refractivity contribution in [2.45, 2.75) is 6.92 Å². The molecule has 0 aromatic heterocycles. The maximum atomic E-state index is 13.6. The van der Waals surface area contributed by atoms with Gasteiger partial charge in [-0.2, -0.15) is 0 Å². The van der Waals surface area contributed by atoms with E-state index in [1.807, 2.05) is 0 Å². The molecule has 0 bridgehead atoms. The van der Waals surface area contributed by atoms with Crippen LogP contribution in [0.5, 0.6) is 0 Å². The summed E-state index contributed by atoms with van der Waals surface area (Å²) in [6.45, 7) is 4.76. The number of aryl methyl sites for hydroxylation is 1. The van der Waals surface area contributed by atoms with Gasteiger partial charge in [0.05, 0.1) is 5.69 Å². The molecular formula is C18H19BrFN3O. The second-order valence-corrected chi connectivity index (χ2v) is 6.67. The molecule has 24 heavy (non-hydrogen) atoms. The normalized spacial score (nSPS) is 14.6. The number of carbonyl (C=O) groups is 1. The van der Waals surface area contributed by atoms with Gasteiger partial charge in [0.15, 0.2) is 0 Å². The number of nitrogens with one attached hydrogen (secondary N) is 1. The van der Waals surface area contributed by atoms with Crippen molar-refractivity contribution in [1.82, 2.24) is 4.90 Å². The summed E-state index contributed by atoms with van der Waals surface area (Å²) < 4.78 is 14.7. The van der Waals surface area contributed by atoms with E-state index in [0.29, 0.717) is 13.1 Å². The molecule has 0 saturated carbocycles. The second-order valence-electron chi connectivity index (χ2n) is 5.82. The Balaban J connectivity index is 1.59. The molecule has 2 aromatic rings. The first kappa shape index (κ1) is 16.8. The molecule has 2 amide bonds. The van der Waals surface area contributed by atoms with Crippen LogP contribution in [0.4, 0.5) is 20.6 Å². The summed E-state index contributed by atoms with van der Waals surface area (Å²) in [5.41, 5.74) is 2.55. The average Bonchev–Trinajstić information content (AvgIpc) is 2.59. The number of halogens is 2. The summed E-state index contributed by atoms with van der Waals surface area (Å²) in [6.07, 6.45) is 0. The molecule has 0 radical (unpaired) electrons. The molecular weight excluding hydrogens is 373 g/mol.